The Morgan fingerprint density at radius 2 is 1.79 bits per heavy atom. The summed E-state index contributed by atoms with van der Waals surface area (Å²) in [5, 5.41) is 11.1. The summed E-state index contributed by atoms with van der Waals surface area (Å²) in [5.74, 6) is -0.907. The van der Waals surface area contributed by atoms with Gasteiger partial charge in [0, 0.05) is 24.0 Å². The van der Waals surface area contributed by atoms with Crippen LogP contribution >= 0.6 is 0 Å². The van der Waals surface area contributed by atoms with E-state index in [0.29, 0.717) is 22.6 Å². The summed E-state index contributed by atoms with van der Waals surface area (Å²) in [5.41, 5.74) is 3.36. The van der Waals surface area contributed by atoms with Crippen molar-refractivity contribution in [3.63, 3.8) is 0 Å². The smallest absolute Gasteiger partial charge is 0.406 e. The van der Waals surface area contributed by atoms with Crippen LogP contribution in [0.4, 0.5) is 5.82 Å². The molecule has 0 aliphatic carbocycles. The average Bonchev–Trinajstić information content (AvgIpc) is 3.23. The standard InChI is InChI=1S/C24H23N5O5/c1-15-13-19(20(30)14-34-21-11-8-12-25-23(21)29(32)33)16(2)27(15)22-17(3)26(4)28(24(22)31)18-9-6-5-7-10-18/h5-13H,14H2,1-4H3. The molecular formula is C24H23N5O5. The fraction of sp³-hybridized carbons (Fsp3) is 0.208. The van der Waals surface area contributed by atoms with E-state index in [0.717, 1.165) is 11.4 Å². The van der Waals surface area contributed by atoms with E-state index in [1.807, 2.05) is 51.2 Å². The summed E-state index contributed by atoms with van der Waals surface area (Å²) in [4.78, 5) is 40.6. The van der Waals surface area contributed by atoms with Gasteiger partial charge in [-0.3, -0.25) is 14.3 Å². The van der Waals surface area contributed by atoms with Gasteiger partial charge < -0.3 is 19.4 Å². The molecule has 0 saturated heterocycles. The molecule has 0 radical (unpaired) electrons. The summed E-state index contributed by atoms with van der Waals surface area (Å²) < 4.78 is 10.5. The van der Waals surface area contributed by atoms with E-state index in [1.54, 1.807) is 26.9 Å². The molecule has 4 rings (SSSR count). The minimum Gasteiger partial charge on any atom is -0.477 e. The van der Waals surface area contributed by atoms with Crippen LogP contribution in [-0.2, 0) is 7.05 Å². The van der Waals surface area contributed by atoms with Gasteiger partial charge in [0.05, 0.1) is 11.4 Å². The molecular weight excluding hydrogens is 438 g/mol. The molecule has 0 aliphatic rings. The van der Waals surface area contributed by atoms with Gasteiger partial charge in [-0.2, -0.15) is 0 Å². The minimum atomic E-state index is -0.665. The number of pyridine rings is 1. The fourth-order valence-electron chi connectivity index (χ4n) is 4.05. The second kappa shape index (κ2) is 8.81. The molecule has 0 aliphatic heterocycles. The minimum absolute atomic E-state index is 0.0840. The van der Waals surface area contributed by atoms with E-state index >= 15 is 0 Å². The number of carbonyl (C=O) groups excluding carboxylic acids is 1. The molecule has 1 aromatic carbocycles. The maximum absolute atomic E-state index is 13.4. The van der Waals surface area contributed by atoms with Crippen LogP contribution in [0.5, 0.6) is 5.75 Å². The van der Waals surface area contributed by atoms with Gasteiger partial charge in [-0.05, 0) is 61.0 Å². The van der Waals surface area contributed by atoms with Gasteiger partial charge in [-0.15, -0.1) is 0 Å². The lowest BCUT2D eigenvalue weighted by molar-refractivity contribution is -0.390. The molecule has 174 valence electrons. The Bertz CT molecular complexity index is 1460. The zero-order chi connectivity index (χ0) is 24.6. The van der Waals surface area contributed by atoms with Gasteiger partial charge in [0.2, 0.25) is 11.5 Å². The van der Waals surface area contributed by atoms with E-state index in [4.69, 9.17) is 4.74 Å². The number of ketones is 1. The van der Waals surface area contributed by atoms with Gasteiger partial charge in [-0.1, -0.05) is 18.2 Å². The number of rotatable bonds is 7. The summed E-state index contributed by atoms with van der Waals surface area (Å²) in [7, 11) is 1.81. The van der Waals surface area contributed by atoms with Crippen LogP contribution in [-0.4, -0.2) is 36.2 Å². The molecule has 34 heavy (non-hydrogen) atoms. The van der Waals surface area contributed by atoms with E-state index in [2.05, 4.69) is 4.98 Å². The Morgan fingerprint density at radius 3 is 2.47 bits per heavy atom. The zero-order valence-corrected chi connectivity index (χ0v) is 19.2. The van der Waals surface area contributed by atoms with Crippen molar-refractivity contribution in [1.82, 2.24) is 18.9 Å². The molecule has 0 atom stereocenters. The lowest BCUT2D eigenvalue weighted by Gasteiger charge is -2.09. The maximum atomic E-state index is 13.4. The van der Waals surface area contributed by atoms with Gasteiger partial charge in [0.15, 0.2) is 6.61 Å². The number of aromatic nitrogens is 4. The monoisotopic (exact) mass is 461 g/mol. The van der Waals surface area contributed by atoms with Crippen molar-refractivity contribution in [2.45, 2.75) is 20.8 Å². The highest BCUT2D eigenvalue weighted by Crippen LogP contribution is 2.25. The molecule has 10 nitrogen and oxygen atoms in total. The second-order valence-corrected chi connectivity index (χ2v) is 7.82. The summed E-state index contributed by atoms with van der Waals surface area (Å²) >= 11 is 0. The third-order valence-corrected chi connectivity index (χ3v) is 5.76. The van der Waals surface area contributed by atoms with Crippen molar-refractivity contribution < 1.29 is 14.5 Å². The van der Waals surface area contributed by atoms with Crippen LogP contribution in [0, 0.1) is 30.9 Å². The second-order valence-electron chi connectivity index (χ2n) is 7.82. The van der Waals surface area contributed by atoms with E-state index in [9.17, 15) is 19.7 Å². The Kier molecular flexibility index (Phi) is 5.89. The lowest BCUT2D eigenvalue weighted by Crippen LogP contribution is -2.22. The van der Waals surface area contributed by atoms with Crippen LogP contribution in [0.25, 0.3) is 11.4 Å². The third kappa shape index (κ3) is 3.79. The molecule has 0 fully saturated rings. The van der Waals surface area contributed by atoms with Crippen LogP contribution in [0.2, 0.25) is 0 Å². The summed E-state index contributed by atoms with van der Waals surface area (Å²) in [6.45, 7) is 5.01. The number of ether oxygens (including phenoxy) is 1. The van der Waals surface area contributed by atoms with Crippen LogP contribution < -0.4 is 10.3 Å². The zero-order valence-electron chi connectivity index (χ0n) is 19.2. The quantitative estimate of drug-likeness (QED) is 0.237. The van der Waals surface area contributed by atoms with Gasteiger partial charge in [-0.25, -0.2) is 4.68 Å². The number of para-hydroxylation sites is 1. The molecule has 10 heteroatoms. The fourth-order valence-corrected chi connectivity index (χ4v) is 4.05. The molecule has 3 aromatic heterocycles. The number of carbonyl (C=O) groups is 1. The first-order valence-corrected chi connectivity index (χ1v) is 10.5. The van der Waals surface area contributed by atoms with Crippen LogP contribution in [0.1, 0.15) is 27.4 Å². The molecule has 0 amide bonds. The van der Waals surface area contributed by atoms with Gasteiger partial charge in [0.1, 0.15) is 11.9 Å². The molecule has 0 N–H and O–H groups in total. The Labute approximate surface area is 194 Å². The predicted octanol–water partition coefficient (Wildman–Crippen LogP) is 3.46. The Hall–Kier alpha value is -4.47. The SMILES string of the molecule is Cc1cc(C(=O)COc2cccnc2[N+](=O)[O-])c(C)n1-c1c(C)n(C)n(-c2ccccc2)c1=O. The topological polar surface area (TPSA) is 114 Å². The summed E-state index contributed by atoms with van der Waals surface area (Å²) in [6, 6.07) is 13.9. The highest BCUT2D eigenvalue weighted by atomic mass is 16.6. The van der Waals surface area contributed by atoms with Crippen molar-refractivity contribution in [2.75, 3.05) is 6.61 Å². The highest BCUT2D eigenvalue weighted by molar-refractivity contribution is 5.98. The summed E-state index contributed by atoms with van der Waals surface area (Å²) in [6.07, 6.45) is 1.28. The average molecular weight is 461 g/mol. The number of hydrogen-bond acceptors (Lipinski definition) is 6. The third-order valence-electron chi connectivity index (χ3n) is 5.76. The molecule has 4 aromatic rings. The van der Waals surface area contributed by atoms with Crippen LogP contribution in [0.3, 0.4) is 0 Å². The van der Waals surface area contributed by atoms with Crippen molar-refractivity contribution in [3.8, 4) is 17.1 Å². The van der Waals surface area contributed by atoms with Crippen molar-refractivity contribution in [1.29, 1.82) is 0 Å². The molecule has 0 spiro atoms. The number of nitro groups is 1. The van der Waals surface area contributed by atoms with E-state index in [1.165, 1.54) is 18.3 Å². The van der Waals surface area contributed by atoms with Gasteiger partial charge >= 0.3 is 5.82 Å². The number of Topliss-reactive ketones (excluding diaryl/α,β-unsaturated/α-hetero) is 1. The van der Waals surface area contributed by atoms with E-state index < -0.39 is 17.3 Å². The molecule has 3 heterocycles. The van der Waals surface area contributed by atoms with Crippen molar-refractivity contribution in [2.24, 2.45) is 7.05 Å². The lowest BCUT2D eigenvalue weighted by atomic mass is 10.1. The van der Waals surface area contributed by atoms with Crippen LogP contribution in [0.15, 0.2) is 59.5 Å². The first-order chi connectivity index (χ1) is 16.2. The number of benzene rings is 1. The largest absolute Gasteiger partial charge is 0.477 e. The highest BCUT2D eigenvalue weighted by Gasteiger charge is 2.24. The van der Waals surface area contributed by atoms with Crippen molar-refractivity contribution in [3.05, 3.63) is 97.8 Å². The predicted molar refractivity (Wildman–Crippen MR) is 125 cm³/mol. The van der Waals surface area contributed by atoms with Gasteiger partial charge in [0.25, 0.3) is 5.56 Å². The van der Waals surface area contributed by atoms with E-state index in [-0.39, 0.29) is 17.1 Å². The normalized spacial score (nSPS) is 10.9. The molecule has 0 unspecified atom stereocenters. The first-order valence-electron chi connectivity index (χ1n) is 10.5. The Morgan fingerprint density at radius 1 is 1.09 bits per heavy atom. The molecule has 0 saturated carbocycles. The number of aryl methyl sites for hydroxylation is 1. The maximum Gasteiger partial charge on any atom is 0.406 e. The number of nitrogens with zero attached hydrogens (tertiary/aromatic N) is 5. The molecule has 0 bridgehead atoms. The Balaban J connectivity index is 1.70. The van der Waals surface area contributed by atoms with Crippen molar-refractivity contribution >= 4 is 11.6 Å². The number of hydrogen-bond donors (Lipinski definition) is 0. The first kappa shape index (κ1) is 22.7.